The maximum Gasteiger partial charge on any atom is 0.340 e. The lowest BCUT2D eigenvalue weighted by Crippen LogP contribution is -2.01. The first kappa shape index (κ1) is 13.5. The number of aromatic carboxylic acids is 1. The van der Waals surface area contributed by atoms with Crippen LogP contribution in [0.2, 0.25) is 5.02 Å². The Labute approximate surface area is 126 Å². The van der Waals surface area contributed by atoms with E-state index in [1.54, 1.807) is 42.5 Å². The van der Waals surface area contributed by atoms with Crippen LogP contribution in [0.4, 0.5) is 0 Å². The third-order valence-electron chi connectivity index (χ3n) is 3.40. The summed E-state index contributed by atoms with van der Waals surface area (Å²) in [5.74, 6) is -1.43. The SMILES string of the molecule is O=C(O)c1c(-c2ccccc2Cl)cc2ccccc2c1O. The van der Waals surface area contributed by atoms with Gasteiger partial charge in [-0.2, -0.15) is 0 Å². The molecule has 0 spiro atoms. The highest BCUT2D eigenvalue weighted by Gasteiger charge is 2.20. The fraction of sp³-hybridized carbons (Fsp3) is 0. The molecule has 21 heavy (non-hydrogen) atoms. The van der Waals surface area contributed by atoms with E-state index in [9.17, 15) is 15.0 Å². The third-order valence-corrected chi connectivity index (χ3v) is 3.73. The number of carboxylic acid groups (broad SMARTS) is 1. The van der Waals surface area contributed by atoms with E-state index in [1.165, 1.54) is 0 Å². The molecule has 3 aromatic carbocycles. The fourth-order valence-electron chi connectivity index (χ4n) is 2.44. The number of carboxylic acids is 1. The molecule has 0 heterocycles. The summed E-state index contributed by atoms with van der Waals surface area (Å²) < 4.78 is 0. The van der Waals surface area contributed by atoms with Gasteiger partial charge in [0.25, 0.3) is 0 Å². The van der Waals surface area contributed by atoms with Crippen molar-refractivity contribution in [1.29, 1.82) is 0 Å². The van der Waals surface area contributed by atoms with E-state index in [0.29, 0.717) is 21.5 Å². The van der Waals surface area contributed by atoms with Crippen LogP contribution in [-0.4, -0.2) is 16.2 Å². The van der Waals surface area contributed by atoms with Crippen molar-refractivity contribution < 1.29 is 15.0 Å². The monoisotopic (exact) mass is 298 g/mol. The zero-order chi connectivity index (χ0) is 15.0. The van der Waals surface area contributed by atoms with Gasteiger partial charge in [0.2, 0.25) is 0 Å². The Morgan fingerprint density at radius 2 is 1.62 bits per heavy atom. The molecule has 104 valence electrons. The number of phenols is 1. The van der Waals surface area contributed by atoms with Gasteiger partial charge < -0.3 is 10.2 Å². The molecule has 2 N–H and O–H groups in total. The lowest BCUT2D eigenvalue weighted by molar-refractivity contribution is 0.0695. The number of benzene rings is 3. The minimum Gasteiger partial charge on any atom is -0.506 e. The molecule has 3 nitrogen and oxygen atoms in total. The van der Waals surface area contributed by atoms with Crippen molar-refractivity contribution in [3.8, 4) is 16.9 Å². The van der Waals surface area contributed by atoms with Crippen molar-refractivity contribution in [3.05, 3.63) is 65.2 Å². The summed E-state index contributed by atoms with van der Waals surface area (Å²) >= 11 is 6.16. The molecule has 0 saturated carbocycles. The van der Waals surface area contributed by atoms with Crippen LogP contribution in [0, 0.1) is 0 Å². The second kappa shape index (κ2) is 5.11. The smallest absolute Gasteiger partial charge is 0.340 e. The molecule has 3 rings (SSSR count). The van der Waals surface area contributed by atoms with E-state index >= 15 is 0 Å². The molecule has 0 amide bonds. The summed E-state index contributed by atoms with van der Waals surface area (Å²) in [6, 6.07) is 15.8. The number of halogens is 1. The van der Waals surface area contributed by atoms with Gasteiger partial charge in [0.1, 0.15) is 11.3 Å². The van der Waals surface area contributed by atoms with Crippen molar-refractivity contribution in [1.82, 2.24) is 0 Å². The molecule has 3 aromatic rings. The van der Waals surface area contributed by atoms with Crippen molar-refractivity contribution in [2.24, 2.45) is 0 Å². The zero-order valence-electron chi connectivity index (χ0n) is 10.9. The summed E-state index contributed by atoms with van der Waals surface area (Å²) in [7, 11) is 0. The van der Waals surface area contributed by atoms with E-state index in [1.807, 2.05) is 12.1 Å². The lowest BCUT2D eigenvalue weighted by Gasteiger charge is -2.12. The molecule has 0 aliphatic rings. The van der Waals surface area contributed by atoms with E-state index in [2.05, 4.69) is 0 Å². The average molecular weight is 299 g/mol. The number of rotatable bonds is 2. The van der Waals surface area contributed by atoms with Gasteiger partial charge in [0, 0.05) is 21.5 Å². The summed E-state index contributed by atoms with van der Waals surface area (Å²) in [4.78, 5) is 11.6. The van der Waals surface area contributed by atoms with Crippen LogP contribution >= 0.6 is 11.6 Å². The second-order valence-electron chi connectivity index (χ2n) is 4.65. The normalized spacial score (nSPS) is 10.7. The van der Waals surface area contributed by atoms with Crippen LogP contribution in [-0.2, 0) is 0 Å². The number of hydrogen-bond acceptors (Lipinski definition) is 2. The summed E-state index contributed by atoms with van der Waals surface area (Å²) in [5, 5.41) is 21.5. The predicted octanol–water partition coefficient (Wildman–Crippen LogP) is 4.56. The van der Waals surface area contributed by atoms with Gasteiger partial charge in [-0.15, -0.1) is 0 Å². The van der Waals surface area contributed by atoms with Crippen molar-refractivity contribution in [2.45, 2.75) is 0 Å². The van der Waals surface area contributed by atoms with E-state index in [0.717, 1.165) is 5.39 Å². The molecule has 0 aliphatic carbocycles. The lowest BCUT2D eigenvalue weighted by atomic mass is 9.94. The van der Waals surface area contributed by atoms with Crippen molar-refractivity contribution in [2.75, 3.05) is 0 Å². The first-order valence-electron chi connectivity index (χ1n) is 6.32. The zero-order valence-corrected chi connectivity index (χ0v) is 11.6. The molecule has 0 bridgehead atoms. The van der Waals surface area contributed by atoms with Crippen LogP contribution < -0.4 is 0 Å². The molecule has 4 heteroatoms. The van der Waals surface area contributed by atoms with Gasteiger partial charge in [-0.05, 0) is 17.5 Å². The third kappa shape index (κ3) is 2.22. The molecular weight excluding hydrogens is 288 g/mol. The molecule has 0 aromatic heterocycles. The quantitative estimate of drug-likeness (QED) is 0.729. The summed E-state index contributed by atoms with van der Waals surface area (Å²) in [6.45, 7) is 0. The number of aromatic hydroxyl groups is 1. The molecule has 0 atom stereocenters. The van der Waals surface area contributed by atoms with Crippen molar-refractivity contribution in [3.63, 3.8) is 0 Å². The summed E-state index contributed by atoms with van der Waals surface area (Å²) in [6.07, 6.45) is 0. The fourth-order valence-corrected chi connectivity index (χ4v) is 2.67. The Balaban J connectivity index is 2.44. The molecule has 0 aliphatic heterocycles. The standard InChI is InChI=1S/C17H11ClO3/c18-14-8-4-3-7-12(14)13-9-10-5-1-2-6-11(10)16(19)15(13)17(20)21/h1-9,19H,(H,20,21). The highest BCUT2D eigenvalue weighted by atomic mass is 35.5. The van der Waals surface area contributed by atoms with E-state index < -0.39 is 5.97 Å². The number of fused-ring (bicyclic) bond motifs is 1. The first-order valence-corrected chi connectivity index (χ1v) is 6.70. The van der Waals surface area contributed by atoms with Crippen LogP contribution in [0.1, 0.15) is 10.4 Å². The maximum absolute atomic E-state index is 11.6. The van der Waals surface area contributed by atoms with E-state index in [-0.39, 0.29) is 11.3 Å². The minimum atomic E-state index is -1.19. The topological polar surface area (TPSA) is 57.5 Å². The van der Waals surface area contributed by atoms with Gasteiger partial charge >= 0.3 is 5.97 Å². The van der Waals surface area contributed by atoms with Crippen LogP contribution in [0.3, 0.4) is 0 Å². The van der Waals surface area contributed by atoms with Crippen molar-refractivity contribution >= 4 is 28.3 Å². The molecule has 0 unspecified atom stereocenters. The highest BCUT2D eigenvalue weighted by Crippen LogP contribution is 2.39. The molecule has 0 radical (unpaired) electrons. The van der Waals surface area contributed by atoms with Gasteiger partial charge in [0.15, 0.2) is 0 Å². The first-order chi connectivity index (χ1) is 10.1. The summed E-state index contributed by atoms with van der Waals surface area (Å²) in [5.41, 5.74) is 0.851. The van der Waals surface area contributed by atoms with E-state index in [4.69, 9.17) is 11.6 Å². The van der Waals surface area contributed by atoms with Crippen LogP contribution in [0.5, 0.6) is 5.75 Å². The Bertz CT molecular complexity index is 856. The Morgan fingerprint density at radius 1 is 0.952 bits per heavy atom. The van der Waals surface area contributed by atoms with Gasteiger partial charge in [0.05, 0.1) is 0 Å². The minimum absolute atomic E-state index is 0.137. The maximum atomic E-state index is 11.6. The Kier molecular flexibility index (Phi) is 3.28. The second-order valence-corrected chi connectivity index (χ2v) is 5.06. The van der Waals surface area contributed by atoms with Crippen LogP contribution in [0.15, 0.2) is 54.6 Å². The largest absolute Gasteiger partial charge is 0.506 e. The number of hydrogen-bond donors (Lipinski definition) is 2. The van der Waals surface area contributed by atoms with Gasteiger partial charge in [-0.3, -0.25) is 0 Å². The molecule has 0 fully saturated rings. The molecule has 0 saturated heterocycles. The van der Waals surface area contributed by atoms with Gasteiger partial charge in [-0.1, -0.05) is 54.1 Å². The Morgan fingerprint density at radius 3 is 2.33 bits per heavy atom. The van der Waals surface area contributed by atoms with Gasteiger partial charge in [-0.25, -0.2) is 4.79 Å². The van der Waals surface area contributed by atoms with Crippen LogP contribution in [0.25, 0.3) is 21.9 Å². The highest BCUT2D eigenvalue weighted by molar-refractivity contribution is 6.33. The molecular formula is C17H11ClO3. The average Bonchev–Trinajstić information content (AvgIpc) is 2.47. The Hall–Kier alpha value is -2.52. The number of carbonyl (C=O) groups is 1. The predicted molar refractivity (Wildman–Crippen MR) is 83.0 cm³/mol.